The summed E-state index contributed by atoms with van der Waals surface area (Å²) in [6, 6.07) is 11.6. The van der Waals surface area contributed by atoms with Gasteiger partial charge in [0.05, 0.1) is 18.9 Å². The number of methoxy groups -OCH3 is 1. The van der Waals surface area contributed by atoms with Gasteiger partial charge in [-0.2, -0.15) is 5.10 Å². The molecule has 9 nitrogen and oxygen atoms in total. The van der Waals surface area contributed by atoms with Crippen molar-refractivity contribution >= 4 is 28.2 Å². The molecule has 1 fully saturated rings. The fraction of sp³-hybridized carbons (Fsp3) is 0.375. The molecule has 0 atom stereocenters. The quantitative estimate of drug-likeness (QED) is 0.450. The third-order valence-corrected chi connectivity index (χ3v) is 6.28. The van der Waals surface area contributed by atoms with Crippen molar-refractivity contribution in [2.45, 2.75) is 26.3 Å². The molecule has 1 aliphatic rings. The van der Waals surface area contributed by atoms with Crippen LogP contribution in [0.1, 0.15) is 18.7 Å². The third-order valence-electron chi connectivity index (χ3n) is 6.28. The molecular formula is C24H27N5O4. The Hall–Kier alpha value is -3.75. The fourth-order valence-corrected chi connectivity index (χ4v) is 4.54. The van der Waals surface area contributed by atoms with Crippen molar-refractivity contribution in [1.82, 2.24) is 19.1 Å². The zero-order valence-electron chi connectivity index (χ0n) is 18.9. The van der Waals surface area contributed by atoms with Crippen LogP contribution in [0.25, 0.3) is 16.6 Å². The molecule has 1 amide bonds. The number of amides is 1. The summed E-state index contributed by atoms with van der Waals surface area (Å²) in [6.07, 6.45) is 2.55. The van der Waals surface area contributed by atoms with Gasteiger partial charge < -0.3 is 19.0 Å². The minimum atomic E-state index is -0.175. The molecule has 172 valence electrons. The maximum atomic E-state index is 12.9. The number of piperazine rings is 1. The summed E-state index contributed by atoms with van der Waals surface area (Å²) in [5.41, 5.74) is 2.97. The molecule has 0 spiro atoms. The van der Waals surface area contributed by atoms with Crippen LogP contribution in [0.15, 0.2) is 51.9 Å². The lowest BCUT2D eigenvalue weighted by Crippen LogP contribution is -2.48. The van der Waals surface area contributed by atoms with Crippen LogP contribution < -0.4 is 15.2 Å². The summed E-state index contributed by atoms with van der Waals surface area (Å²) in [5.74, 6) is 1.66. The van der Waals surface area contributed by atoms with E-state index < -0.39 is 0 Å². The molecule has 3 aromatic heterocycles. The highest BCUT2D eigenvalue weighted by Crippen LogP contribution is 2.22. The predicted octanol–water partition coefficient (Wildman–Crippen LogP) is 2.69. The van der Waals surface area contributed by atoms with Gasteiger partial charge in [0.15, 0.2) is 5.58 Å². The Morgan fingerprint density at radius 3 is 2.73 bits per heavy atom. The first-order chi connectivity index (χ1) is 16.0. The molecule has 9 heteroatoms. The van der Waals surface area contributed by atoms with Crippen molar-refractivity contribution in [3.63, 3.8) is 0 Å². The van der Waals surface area contributed by atoms with Gasteiger partial charge in [0, 0.05) is 63.0 Å². The van der Waals surface area contributed by atoms with E-state index in [0.29, 0.717) is 49.4 Å². The number of hydrogen-bond acceptors (Lipinski definition) is 6. The highest BCUT2D eigenvalue weighted by atomic mass is 16.5. The Balaban J connectivity index is 1.18. The molecule has 0 radical (unpaired) electrons. The van der Waals surface area contributed by atoms with E-state index in [1.54, 1.807) is 19.4 Å². The van der Waals surface area contributed by atoms with Crippen LogP contribution in [0.4, 0.5) is 5.69 Å². The van der Waals surface area contributed by atoms with Gasteiger partial charge in [0.1, 0.15) is 17.1 Å². The number of aromatic nitrogens is 3. The first-order valence-electron chi connectivity index (χ1n) is 11.2. The number of carbonyl (C=O) groups excluding carboxylic acids is 1. The molecule has 0 aliphatic carbocycles. The lowest BCUT2D eigenvalue weighted by molar-refractivity contribution is -0.131. The molecule has 0 N–H and O–H groups in total. The Bertz CT molecular complexity index is 1360. The first-order valence-corrected chi connectivity index (χ1v) is 11.2. The molecule has 1 aliphatic heterocycles. The number of rotatable bonds is 6. The Morgan fingerprint density at radius 1 is 1.12 bits per heavy atom. The summed E-state index contributed by atoms with van der Waals surface area (Å²) >= 11 is 0. The van der Waals surface area contributed by atoms with Gasteiger partial charge in [0.2, 0.25) is 5.91 Å². The lowest BCUT2D eigenvalue weighted by Gasteiger charge is -2.36. The average molecular weight is 450 g/mol. The Labute approximate surface area is 190 Å². The number of benzene rings is 1. The van der Waals surface area contributed by atoms with E-state index in [1.165, 1.54) is 4.68 Å². The standard InChI is InChI=1S/C24H27N5O4/c1-17-25-28(24(31)21-16-22-20(29(17)21)8-14-33-22)9-4-7-23(30)27-12-10-26(11-13-27)18-5-3-6-19(15-18)32-2/h3,5-6,8,14-16H,4,7,9-13H2,1-2H3. The Kier molecular flexibility index (Phi) is 5.53. The number of aryl methyl sites for hydroxylation is 2. The molecule has 33 heavy (non-hydrogen) atoms. The summed E-state index contributed by atoms with van der Waals surface area (Å²) in [7, 11) is 1.66. The summed E-state index contributed by atoms with van der Waals surface area (Å²) in [6.45, 7) is 5.20. The highest BCUT2D eigenvalue weighted by Gasteiger charge is 2.21. The number of hydrogen-bond donors (Lipinski definition) is 0. The normalized spacial score (nSPS) is 14.4. The average Bonchev–Trinajstić information content (AvgIpc) is 3.44. The topological polar surface area (TPSA) is 85.2 Å². The van der Waals surface area contributed by atoms with E-state index in [0.717, 1.165) is 30.0 Å². The summed E-state index contributed by atoms with van der Waals surface area (Å²) in [4.78, 5) is 29.8. The number of nitrogens with zero attached hydrogens (tertiary/aromatic N) is 5. The van der Waals surface area contributed by atoms with Crippen molar-refractivity contribution in [2.75, 3.05) is 38.2 Å². The van der Waals surface area contributed by atoms with Crippen LogP contribution in [0, 0.1) is 6.92 Å². The maximum Gasteiger partial charge on any atom is 0.291 e. The summed E-state index contributed by atoms with van der Waals surface area (Å²) < 4.78 is 14.0. The number of ether oxygens (including phenoxy) is 1. The van der Waals surface area contributed by atoms with Crippen molar-refractivity contribution in [2.24, 2.45) is 0 Å². The Morgan fingerprint density at radius 2 is 1.94 bits per heavy atom. The monoisotopic (exact) mass is 449 g/mol. The maximum absolute atomic E-state index is 12.9. The van der Waals surface area contributed by atoms with E-state index in [2.05, 4.69) is 16.1 Å². The smallest absolute Gasteiger partial charge is 0.291 e. The molecule has 1 aromatic carbocycles. The number of fused-ring (bicyclic) bond motifs is 3. The number of furan rings is 1. The van der Waals surface area contributed by atoms with Gasteiger partial charge in [-0.05, 0) is 25.5 Å². The molecule has 4 heterocycles. The second kappa shape index (κ2) is 8.65. The zero-order valence-corrected chi connectivity index (χ0v) is 18.9. The van der Waals surface area contributed by atoms with Crippen molar-refractivity contribution in [1.29, 1.82) is 0 Å². The lowest BCUT2D eigenvalue weighted by atomic mass is 10.2. The van der Waals surface area contributed by atoms with Gasteiger partial charge in [-0.15, -0.1) is 0 Å². The van der Waals surface area contributed by atoms with Gasteiger partial charge in [-0.3, -0.25) is 14.0 Å². The van der Waals surface area contributed by atoms with Crippen LogP contribution in [0.5, 0.6) is 5.75 Å². The van der Waals surface area contributed by atoms with E-state index in [-0.39, 0.29) is 11.5 Å². The minimum Gasteiger partial charge on any atom is -0.497 e. The van der Waals surface area contributed by atoms with E-state index >= 15 is 0 Å². The largest absolute Gasteiger partial charge is 0.497 e. The van der Waals surface area contributed by atoms with E-state index in [1.807, 2.05) is 40.5 Å². The highest BCUT2D eigenvalue weighted by molar-refractivity contribution is 5.82. The van der Waals surface area contributed by atoms with Gasteiger partial charge in [0.25, 0.3) is 5.56 Å². The molecule has 0 saturated carbocycles. The van der Waals surface area contributed by atoms with Crippen LogP contribution in [0.2, 0.25) is 0 Å². The van der Waals surface area contributed by atoms with Gasteiger partial charge in [-0.1, -0.05) is 6.07 Å². The number of anilines is 1. The molecule has 4 aromatic rings. The van der Waals surface area contributed by atoms with Crippen LogP contribution >= 0.6 is 0 Å². The van der Waals surface area contributed by atoms with E-state index in [9.17, 15) is 9.59 Å². The second-order valence-corrected chi connectivity index (χ2v) is 8.28. The molecular weight excluding hydrogens is 422 g/mol. The zero-order chi connectivity index (χ0) is 22.9. The second-order valence-electron chi connectivity index (χ2n) is 8.28. The third kappa shape index (κ3) is 3.94. The molecule has 5 rings (SSSR count). The SMILES string of the molecule is COc1cccc(N2CCN(C(=O)CCCn3nc(C)n4c(cc5occc54)c3=O)CC2)c1. The van der Waals surface area contributed by atoms with Crippen molar-refractivity contribution in [3.05, 3.63) is 58.8 Å². The molecule has 1 saturated heterocycles. The number of carbonyl (C=O) groups is 1. The molecule has 0 bridgehead atoms. The van der Waals surface area contributed by atoms with E-state index in [4.69, 9.17) is 9.15 Å². The predicted molar refractivity (Wildman–Crippen MR) is 125 cm³/mol. The summed E-state index contributed by atoms with van der Waals surface area (Å²) in [5, 5.41) is 4.45. The van der Waals surface area contributed by atoms with Crippen molar-refractivity contribution in [3.8, 4) is 5.75 Å². The van der Waals surface area contributed by atoms with Gasteiger partial charge >= 0.3 is 0 Å². The van der Waals surface area contributed by atoms with Crippen LogP contribution in [-0.2, 0) is 11.3 Å². The van der Waals surface area contributed by atoms with Gasteiger partial charge in [-0.25, -0.2) is 4.68 Å². The van der Waals surface area contributed by atoms with Crippen LogP contribution in [-0.4, -0.2) is 58.3 Å². The first kappa shape index (κ1) is 21.1. The fourth-order valence-electron chi connectivity index (χ4n) is 4.54. The van der Waals surface area contributed by atoms with Crippen LogP contribution in [0.3, 0.4) is 0 Å². The van der Waals surface area contributed by atoms with Crippen molar-refractivity contribution < 1.29 is 13.9 Å². The molecule has 0 unspecified atom stereocenters. The minimum absolute atomic E-state index is 0.117.